The van der Waals surface area contributed by atoms with E-state index in [-0.39, 0.29) is 5.92 Å². The summed E-state index contributed by atoms with van der Waals surface area (Å²) in [5.74, 6) is 7.34. The van der Waals surface area contributed by atoms with Crippen molar-refractivity contribution in [1.82, 2.24) is 19.9 Å². The molecule has 1 aromatic carbocycles. The van der Waals surface area contributed by atoms with Gasteiger partial charge in [-0.05, 0) is 43.6 Å². The SMILES string of the molecule is OC1(C#Cc2cnc(-c3cccnc3)nc2Cc2ccccc2)CN2CCC1CC2. The molecule has 0 spiro atoms. The van der Waals surface area contributed by atoms with Gasteiger partial charge in [0.05, 0.1) is 11.3 Å². The van der Waals surface area contributed by atoms with Crippen molar-refractivity contribution in [3.05, 3.63) is 77.9 Å². The zero-order chi connectivity index (χ0) is 20.4. The maximum absolute atomic E-state index is 11.2. The first-order valence-electron chi connectivity index (χ1n) is 10.5. The molecular formula is C25H24N4O. The van der Waals surface area contributed by atoms with Gasteiger partial charge in [-0.3, -0.25) is 9.88 Å². The number of nitrogens with zero attached hydrogens (tertiary/aromatic N) is 4. The van der Waals surface area contributed by atoms with Gasteiger partial charge in [-0.25, -0.2) is 9.97 Å². The molecule has 3 aliphatic rings. The molecular weight excluding hydrogens is 372 g/mol. The van der Waals surface area contributed by atoms with Gasteiger partial charge in [0.1, 0.15) is 5.60 Å². The third kappa shape index (κ3) is 3.85. The predicted molar refractivity (Wildman–Crippen MR) is 116 cm³/mol. The first kappa shape index (κ1) is 18.9. The predicted octanol–water partition coefficient (Wildman–Crippen LogP) is 2.94. The van der Waals surface area contributed by atoms with Crippen molar-refractivity contribution in [2.75, 3.05) is 19.6 Å². The van der Waals surface area contributed by atoms with E-state index in [1.807, 2.05) is 30.3 Å². The van der Waals surface area contributed by atoms with Crippen molar-refractivity contribution < 1.29 is 5.11 Å². The van der Waals surface area contributed by atoms with Crippen LogP contribution in [0.25, 0.3) is 11.4 Å². The fourth-order valence-electron chi connectivity index (χ4n) is 4.44. The standard InChI is InChI=1S/C25H24N4O/c30-25(18-29-13-9-22(25)10-14-29)11-8-20-17-27-24(21-7-4-12-26-16-21)28-23(20)15-19-5-2-1-3-6-19/h1-7,12,16-17,22,30H,9-10,13-15,18H2. The van der Waals surface area contributed by atoms with Crippen molar-refractivity contribution in [3.63, 3.8) is 0 Å². The Balaban J connectivity index is 1.51. The van der Waals surface area contributed by atoms with E-state index in [4.69, 9.17) is 4.98 Å². The van der Waals surface area contributed by atoms with Crippen LogP contribution in [0.15, 0.2) is 61.1 Å². The van der Waals surface area contributed by atoms with Gasteiger partial charge >= 0.3 is 0 Å². The summed E-state index contributed by atoms with van der Waals surface area (Å²) >= 11 is 0. The van der Waals surface area contributed by atoms with Crippen LogP contribution in [-0.4, -0.2) is 50.2 Å². The molecule has 5 heterocycles. The molecule has 2 bridgehead atoms. The van der Waals surface area contributed by atoms with Crippen molar-refractivity contribution in [3.8, 4) is 23.2 Å². The van der Waals surface area contributed by atoms with Gasteiger partial charge < -0.3 is 5.11 Å². The van der Waals surface area contributed by atoms with Crippen LogP contribution in [0.3, 0.4) is 0 Å². The monoisotopic (exact) mass is 396 g/mol. The van der Waals surface area contributed by atoms with Gasteiger partial charge in [-0.1, -0.05) is 42.2 Å². The van der Waals surface area contributed by atoms with Crippen LogP contribution in [0.5, 0.6) is 0 Å². The first-order chi connectivity index (χ1) is 14.7. The Morgan fingerprint density at radius 1 is 1.07 bits per heavy atom. The van der Waals surface area contributed by atoms with Crippen LogP contribution in [0, 0.1) is 17.8 Å². The van der Waals surface area contributed by atoms with E-state index < -0.39 is 5.60 Å². The minimum Gasteiger partial charge on any atom is -0.376 e. The van der Waals surface area contributed by atoms with Gasteiger partial charge in [-0.2, -0.15) is 0 Å². The molecule has 0 saturated carbocycles. The molecule has 0 radical (unpaired) electrons. The van der Waals surface area contributed by atoms with Crippen molar-refractivity contribution in [2.45, 2.75) is 24.9 Å². The lowest BCUT2D eigenvalue weighted by atomic mass is 9.76. The van der Waals surface area contributed by atoms with Crippen LogP contribution in [0.1, 0.15) is 29.7 Å². The van der Waals surface area contributed by atoms with Gasteiger partial charge in [0.15, 0.2) is 5.82 Å². The quantitative estimate of drug-likeness (QED) is 0.690. The Hall–Kier alpha value is -3.07. The van der Waals surface area contributed by atoms with Gasteiger partial charge in [0.2, 0.25) is 0 Å². The maximum atomic E-state index is 11.2. The second-order valence-corrected chi connectivity index (χ2v) is 8.18. The lowest BCUT2D eigenvalue weighted by Crippen LogP contribution is -2.58. The van der Waals surface area contributed by atoms with Crippen LogP contribution < -0.4 is 0 Å². The van der Waals surface area contributed by atoms with Crippen molar-refractivity contribution in [1.29, 1.82) is 0 Å². The topological polar surface area (TPSA) is 62.1 Å². The first-order valence-corrected chi connectivity index (χ1v) is 10.5. The van der Waals surface area contributed by atoms with Crippen LogP contribution in [0.4, 0.5) is 0 Å². The molecule has 5 nitrogen and oxygen atoms in total. The molecule has 0 amide bonds. The Labute approximate surface area is 176 Å². The molecule has 0 aliphatic carbocycles. The number of hydrogen-bond acceptors (Lipinski definition) is 5. The summed E-state index contributed by atoms with van der Waals surface area (Å²) in [6.45, 7) is 2.76. The lowest BCUT2D eigenvalue weighted by Gasteiger charge is -2.47. The number of rotatable bonds is 3. The van der Waals surface area contributed by atoms with E-state index in [9.17, 15) is 5.11 Å². The van der Waals surface area contributed by atoms with Crippen LogP contribution in [0.2, 0.25) is 0 Å². The number of hydrogen-bond donors (Lipinski definition) is 1. The summed E-state index contributed by atoms with van der Waals surface area (Å²) in [6, 6.07) is 14.1. The van der Waals surface area contributed by atoms with E-state index in [1.165, 1.54) is 0 Å². The normalized spacial score (nSPS) is 24.8. The third-order valence-corrected chi connectivity index (χ3v) is 6.14. The summed E-state index contributed by atoms with van der Waals surface area (Å²) in [7, 11) is 0. The molecule has 1 N–H and O–H groups in total. The number of fused-ring (bicyclic) bond motifs is 3. The minimum atomic E-state index is -0.942. The number of benzene rings is 1. The summed E-state index contributed by atoms with van der Waals surface area (Å²) in [5.41, 5.74) is 2.74. The second kappa shape index (κ2) is 7.98. The summed E-state index contributed by atoms with van der Waals surface area (Å²) in [5, 5.41) is 11.2. The Morgan fingerprint density at radius 2 is 1.90 bits per heavy atom. The van der Waals surface area contributed by atoms with Gasteiger partial charge in [-0.15, -0.1) is 0 Å². The summed E-state index contributed by atoms with van der Waals surface area (Å²) < 4.78 is 0. The van der Waals surface area contributed by atoms with E-state index in [0.717, 1.165) is 48.3 Å². The van der Waals surface area contributed by atoms with E-state index in [1.54, 1.807) is 18.6 Å². The van der Waals surface area contributed by atoms with Gasteiger partial charge in [0, 0.05) is 43.0 Å². The second-order valence-electron chi connectivity index (χ2n) is 8.18. The third-order valence-electron chi connectivity index (χ3n) is 6.14. The van der Waals surface area contributed by atoms with Crippen molar-refractivity contribution >= 4 is 0 Å². The van der Waals surface area contributed by atoms with Crippen molar-refractivity contribution in [2.24, 2.45) is 5.92 Å². The molecule has 150 valence electrons. The zero-order valence-electron chi connectivity index (χ0n) is 16.8. The Bertz CT molecular complexity index is 1080. The minimum absolute atomic E-state index is 0.253. The van der Waals surface area contributed by atoms with Crippen LogP contribution in [-0.2, 0) is 6.42 Å². The number of piperidine rings is 3. The molecule has 1 unspecified atom stereocenters. The van der Waals surface area contributed by atoms with Gasteiger partial charge in [0.25, 0.3) is 0 Å². The maximum Gasteiger partial charge on any atom is 0.161 e. The fraction of sp³-hybridized carbons (Fsp3) is 0.320. The molecule has 3 fully saturated rings. The van der Waals surface area contributed by atoms with E-state index in [2.05, 4.69) is 38.8 Å². The average molecular weight is 396 g/mol. The fourth-order valence-corrected chi connectivity index (χ4v) is 4.44. The Morgan fingerprint density at radius 3 is 2.60 bits per heavy atom. The summed E-state index contributed by atoms with van der Waals surface area (Å²) in [4.78, 5) is 15.9. The van der Waals surface area contributed by atoms with E-state index in [0.29, 0.717) is 18.8 Å². The molecule has 6 rings (SSSR count). The highest BCUT2D eigenvalue weighted by atomic mass is 16.3. The molecule has 3 aromatic rings. The highest BCUT2D eigenvalue weighted by molar-refractivity contribution is 5.55. The number of aromatic nitrogens is 3. The molecule has 5 heteroatoms. The smallest absolute Gasteiger partial charge is 0.161 e. The van der Waals surface area contributed by atoms with Crippen LogP contribution >= 0.6 is 0 Å². The Kier molecular flexibility index (Phi) is 5.04. The average Bonchev–Trinajstić information content (AvgIpc) is 2.80. The largest absolute Gasteiger partial charge is 0.376 e. The molecule has 2 aromatic heterocycles. The molecule has 3 aliphatic heterocycles. The van der Waals surface area contributed by atoms with E-state index >= 15 is 0 Å². The highest BCUT2D eigenvalue weighted by Crippen LogP contribution is 2.35. The molecule has 1 atom stereocenters. The molecule has 3 saturated heterocycles. The number of aliphatic hydroxyl groups is 1. The number of pyridine rings is 1. The highest BCUT2D eigenvalue weighted by Gasteiger charge is 2.44. The summed E-state index contributed by atoms with van der Waals surface area (Å²) in [6.07, 6.45) is 7.97. The zero-order valence-corrected chi connectivity index (χ0v) is 16.8. The lowest BCUT2D eigenvalue weighted by molar-refractivity contribution is -0.0713. The molecule has 30 heavy (non-hydrogen) atoms.